The summed E-state index contributed by atoms with van der Waals surface area (Å²) in [5.41, 5.74) is 6.76. The lowest BCUT2D eigenvalue weighted by Crippen LogP contribution is -2.37. The molecule has 0 heterocycles. The molecule has 0 bridgehead atoms. The molecule has 112 valence electrons. The number of methoxy groups -OCH3 is 1. The predicted octanol–water partition coefficient (Wildman–Crippen LogP) is 1.74. The van der Waals surface area contributed by atoms with Gasteiger partial charge in [0.1, 0.15) is 5.75 Å². The molecule has 0 radical (unpaired) electrons. The zero-order valence-corrected chi connectivity index (χ0v) is 12.8. The number of nitrogens with two attached hydrogens (primary N) is 1. The number of ether oxygens (including phenoxy) is 1. The molecule has 0 saturated carbocycles. The fourth-order valence-electron chi connectivity index (χ4n) is 1.85. The minimum Gasteiger partial charge on any atom is -0.497 e. The summed E-state index contributed by atoms with van der Waals surface area (Å²) in [6.07, 6.45) is 1.09. The van der Waals surface area contributed by atoms with Gasteiger partial charge in [0.25, 0.3) is 5.91 Å². The van der Waals surface area contributed by atoms with Crippen LogP contribution >= 0.6 is 0 Å². The van der Waals surface area contributed by atoms with Crippen LogP contribution in [0.1, 0.15) is 30.6 Å². The fraction of sp³-hybridized carbons (Fsp3) is 0.533. The van der Waals surface area contributed by atoms with E-state index in [1.165, 1.54) is 0 Å². The number of rotatable bonds is 7. The van der Waals surface area contributed by atoms with Crippen LogP contribution in [-0.2, 0) is 0 Å². The van der Waals surface area contributed by atoms with Crippen molar-refractivity contribution < 1.29 is 9.53 Å². The highest BCUT2D eigenvalue weighted by molar-refractivity contribution is 5.99. The van der Waals surface area contributed by atoms with Gasteiger partial charge in [-0.3, -0.25) is 4.79 Å². The summed E-state index contributed by atoms with van der Waals surface area (Å²) in [7, 11) is 3.63. The van der Waals surface area contributed by atoms with Crippen LogP contribution in [0.4, 0.5) is 5.69 Å². The predicted molar refractivity (Wildman–Crippen MR) is 82.1 cm³/mol. The molecule has 0 aromatic heterocycles. The van der Waals surface area contributed by atoms with E-state index in [1.807, 2.05) is 0 Å². The van der Waals surface area contributed by atoms with Gasteiger partial charge in [0.2, 0.25) is 0 Å². The molecular formula is C15H25N3O2. The molecule has 5 nitrogen and oxygen atoms in total. The van der Waals surface area contributed by atoms with E-state index in [4.69, 9.17) is 10.5 Å². The molecular weight excluding hydrogens is 254 g/mol. The molecule has 5 heteroatoms. The molecule has 0 saturated heterocycles. The molecule has 0 fully saturated rings. The molecule has 0 spiro atoms. The van der Waals surface area contributed by atoms with Crippen LogP contribution in [0.3, 0.4) is 0 Å². The standard InChI is InChI=1S/C15H25N3O2/c1-5-11(2)18(3)9-8-17-15(19)13-7-6-12(20-4)10-14(13)16/h6-7,10-11H,5,8-9,16H2,1-4H3,(H,17,19). The van der Waals surface area contributed by atoms with Gasteiger partial charge >= 0.3 is 0 Å². The summed E-state index contributed by atoms with van der Waals surface area (Å²) < 4.78 is 5.06. The summed E-state index contributed by atoms with van der Waals surface area (Å²) in [6.45, 7) is 5.74. The topological polar surface area (TPSA) is 67.6 Å². The zero-order chi connectivity index (χ0) is 15.1. The van der Waals surface area contributed by atoms with Gasteiger partial charge in [-0.1, -0.05) is 6.92 Å². The van der Waals surface area contributed by atoms with Crippen molar-refractivity contribution in [3.05, 3.63) is 23.8 Å². The van der Waals surface area contributed by atoms with Crippen LogP contribution in [0, 0.1) is 0 Å². The Balaban J connectivity index is 2.51. The maximum atomic E-state index is 12.0. The molecule has 1 amide bonds. The Hall–Kier alpha value is -1.75. The first-order valence-corrected chi connectivity index (χ1v) is 6.91. The Labute approximate surface area is 121 Å². The number of amides is 1. The summed E-state index contributed by atoms with van der Waals surface area (Å²) in [5, 5.41) is 2.89. The highest BCUT2D eigenvalue weighted by atomic mass is 16.5. The third-order valence-electron chi connectivity index (χ3n) is 3.60. The second-order valence-corrected chi connectivity index (χ2v) is 4.95. The Morgan fingerprint density at radius 2 is 2.20 bits per heavy atom. The molecule has 3 N–H and O–H groups in total. The van der Waals surface area contributed by atoms with Crippen molar-refractivity contribution in [2.24, 2.45) is 0 Å². The Kier molecular flexibility index (Phi) is 6.31. The molecule has 0 aliphatic carbocycles. The monoisotopic (exact) mass is 279 g/mol. The van der Waals surface area contributed by atoms with Crippen molar-refractivity contribution >= 4 is 11.6 Å². The van der Waals surface area contributed by atoms with Crippen molar-refractivity contribution in [3.63, 3.8) is 0 Å². The van der Waals surface area contributed by atoms with Crippen molar-refractivity contribution in [1.29, 1.82) is 0 Å². The Bertz CT molecular complexity index is 449. The third kappa shape index (κ3) is 4.42. The van der Waals surface area contributed by atoms with Crippen LogP contribution in [0.5, 0.6) is 5.75 Å². The minimum absolute atomic E-state index is 0.150. The molecule has 1 unspecified atom stereocenters. The van der Waals surface area contributed by atoms with Gasteiger partial charge in [0.15, 0.2) is 0 Å². The summed E-state index contributed by atoms with van der Waals surface area (Å²) in [6, 6.07) is 5.58. The van der Waals surface area contributed by atoms with Crippen LogP contribution < -0.4 is 15.8 Å². The van der Waals surface area contributed by atoms with E-state index in [0.29, 0.717) is 29.6 Å². The van der Waals surface area contributed by atoms with Gasteiger partial charge in [0.05, 0.1) is 12.7 Å². The number of hydrogen-bond donors (Lipinski definition) is 2. The fourth-order valence-corrected chi connectivity index (χ4v) is 1.85. The number of likely N-dealkylation sites (N-methyl/N-ethyl adjacent to an activating group) is 1. The van der Waals surface area contributed by atoms with Crippen LogP contribution in [0.2, 0.25) is 0 Å². The van der Waals surface area contributed by atoms with Gasteiger partial charge in [-0.2, -0.15) is 0 Å². The Morgan fingerprint density at radius 3 is 2.75 bits per heavy atom. The average Bonchev–Trinajstić information content (AvgIpc) is 2.45. The van der Waals surface area contributed by atoms with Crippen molar-refractivity contribution in [3.8, 4) is 5.75 Å². The van der Waals surface area contributed by atoms with Gasteiger partial charge in [-0.15, -0.1) is 0 Å². The largest absolute Gasteiger partial charge is 0.497 e. The van der Waals surface area contributed by atoms with Gasteiger partial charge in [-0.25, -0.2) is 0 Å². The number of nitrogens with zero attached hydrogens (tertiary/aromatic N) is 1. The van der Waals surface area contributed by atoms with E-state index in [9.17, 15) is 4.79 Å². The lowest BCUT2D eigenvalue weighted by molar-refractivity contribution is 0.0948. The lowest BCUT2D eigenvalue weighted by atomic mass is 10.1. The molecule has 1 aromatic rings. The molecule has 20 heavy (non-hydrogen) atoms. The first-order chi connectivity index (χ1) is 9.49. The van der Waals surface area contributed by atoms with Crippen molar-refractivity contribution in [2.75, 3.05) is 33.0 Å². The normalized spacial score (nSPS) is 12.2. The smallest absolute Gasteiger partial charge is 0.253 e. The molecule has 1 aromatic carbocycles. The van der Waals surface area contributed by atoms with Crippen LogP contribution in [0.15, 0.2) is 18.2 Å². The van der Waals surface area contributed by atoms with Crippen LogP contribution in [-0.4, -0.2) is 44.1 Å². The first-order valence-electron chi connectivity index (χ1n) is 6.91. The molecule has 0 aliphatic rings. The van der Waals surface area contributed by atoms with Gasteiger partial charge in [-0.05, 0) is 32.5 Å². The van der Waals surface area contributed by atoms with Crippen molar-refractivity contribution in [1.82, 2.24) is 10.2 Å². The highest BCUT2D eigenvalue weighted by Crippen LogP contribution is 2.19. The minimum atomic E-state index is -0.150. The van der Waals surface area contributed by atoms with E-state index in [-0.39, 0.29) is 5.91 Å². The average molecular weight is 279 g/mol. The van der Waals surface area contributed by atoms with E-state index in [0.717, 1.165) is 13.0 Å². The second-order valence-electron chi connectivity index (χ2n) is 4.95. The summed E-state index contributed by atoms with van der Waals surface area (Å²) in [5.74, 6) is 0.498. The number of carbonyl (C=O) groups is 1. The Morgan fingerprint density at radius 1 is 1.50 bits per heavy atom. The lowest BCUT2D eigenvalue weighted by Gasteiger charge is -2.23. The van der Waals surface area contributed by atoms with Crippen molar-refractivity contribution in [2.45, 2.75) is 26.3 Å². The number of nitrogens with one attached hydrogen (secondary N) is 1. The van der Waals surface area contributed by atoms with E-state index >= 15 is 0 Å². The number of nitrogen functional groups attached to an aromatic ring is 1. The number of benzene rings is 1. The van der Waals surface area contributed by atoms with Gasteiger partial charge < -0.3 is 20.7 Å². The van der Waals surface area contributed by atoms with E-state index in [1.54, 1.807) is 25.3 Å². The van der Waals surface area contributed by atoms with E-state index in [2.05, 4.69) is 31.1 Å². The second kappa shape index (κ2) is 7.75. The quantitative estimate of drug-likeness (QED) is 0.746. The maximum absolute atomic E-state index is 12.0. The summed E-state index contributed by atoms with van der Waals surface area (Å²) in [4.78, 5) is 14.3. The van der Waals surface area contributed by atoms with Gasteiger partial charge in [0, 0.05) is 30.9 Å². The molecule has 0 aliphatic heterocycles. The maximum Gasteiger partial charge on any atom is 0.253 e. The van der Waals surface area contributed by atoms with E-state index < -0.39 is 0 Å². The van der Waals surface area contributed by atoms with Crippen LogP contribution in [0.25, 0.3) is 0 Å². The number of anilines is 1. The number of hydrogen-bond acceptors (Lipinski definition) is 4. The summed E-state index contributed by atoms with van der Waals surface area (Å²) >= 11 is 0. The molecule has 1 rings (SSSR count). The SMILES string of the molecule is CCC(C)N(C)CCNC(=O)c1ccc(OC)cc1N. The number of carbonyl (C=O) groups excluding carboxylic acids is 1. The zero-order valence-electron chi connectivity index (χ0n) is 12.8. The highest BCUT2D eigenvalue weighted by Gasteiger charge is 2.11. The third-order valence-corrected chi connectivity index (χ3v) is 3.60. The molecule has 1 atom stereocenters. The first kappa shape index (κ1) is 16.3.